The Kier molecular flexibility index (Phi) is 27.1. The highest BCUT2D eigenvalue weighted by Gasteiger charge is 2.39. The second-order valence-electron chi connectivity index (χ2n) is 30.2. The fraction of sp³-hybridized carbons (Fsp3) is 0.444. The maximum atomic E-state index is 13.1. The molecule has 2 fully saturated rings. The van der Waals surface area contributed by atoms with E-state index in [1.54, 1.807) is 63.3 Å². The van der Waals surface area contributed by atoms with Gasteiger partial charge in [-0.1, -0.05) is 71.9 Å². The summed E-state index contributed by atoms with van der Waals surface area (Å²) in [5.74, 6) is -1.84. The van der Waals surface area contributed by atoms with E-state index in [9.17, 15) is 38.4 Å². The van der Waals surface area contributed by atoms with E-state index >= 15 is 0 Å². The third kappa shape index (κ3) is 20.0. The topological polar surface area (TPSA) is 400 Å². The van der Waals surface area contributed by atoms with Gasteiger partial charge in [0.1, 0.15) is 11.5 Å². The number of aromatic nitrogens is 5. The summed E-state index contributed by atoms with van der Waals surface area (Å²) in [7, 11) is 0. The van der Waals surface area contributed by atoms with Crippen molar-refractivity contribution in [3.8, 4) is 0 Å². The Balaban J connectivity index is 0.000000148. The van der Waals surface area contributed by atoms with Crippen LogP contribution in [0.15, 0.2) is 116 Å². The maximum absolute atomic E-state index is 13.1. The summed E-state index contributed by atoms with van der Waals surface area (Å²) in [4.78, 5) is 132. The van der Waals surface area contributed by atoms with Crippen molar-refractivity contribution >= 4 is 64.2 Å². The molecule has 2 unspecified atom stereocenters. The Hall–Kier alpha value is -10.6. The number of nitrogens with two attached hydrogens (primary N) is 1. The van der Waals surface area contributed by atoms with Gasteiger partial charge in [-0.25, -0.2) is 26.9 Å². The van der Waals surface area contributed by atoms with Crippen LogP contribution in [0.4, 0.5) is 17.1 Å². The van der Waals surface area contributed by atoms with Gasteiger partial charge in [0.15, 0.2) is 0 Å². The molecule has 0 radical (unpaired) electrons. The molecule has 30 nitrogen and oxygen atoms in total. The van der Waals surface area contributed by atoms with Crippen LogP contribution >= 0.6 is 0 Å². The first kappa shape index (κ1) is 81.4. The summed E-state index contributed by atoms with van der Waals surface area (Å²) in [6.45, 7) is 23.9. The smallest absolute Gasteiger partial charge is 0.293 e. The number of hydrogen-bond donors (Lipinski definition) is 11. The molecular weight excluding hydrogens is 1420 g/mol. The molecule has 7 aromatic rings. The second-order valence-corrected chi connectivity index (χ2v) is 30.2. The number of anilines is 3. The van der Waals surface area contributed by atoms with Crippen LogP contribution in [0, 0.1) is 16.7 Å². The van der Waals surface area contributed by atoms with E-state index in [4.69, 9.17) is 26.6 Å². The van der Waals surface area contributed by atoms with Gasteiger partial charge in [-0.15, -0.1) is 0 Å². The van der Waals surface area contributed by atoms with Gasteiger partial charge in [0.25, 0.3) is 23.6 Å². The molecule has 7 aliphatic heterocycles. The average molecular weight is 1520 g/mol. The fourth-order valence-corrected chi connectivity index (χ4v) is 15.0. The third-order valence-electron chi connectivity index (χ3n) is 22.7. The molecule has 12 heterocycles. The van der Waals surface area contributed by atoms with E-state index in [0.717, 1.165) is 159 Å². The van der Waals surface area contributed by atoms with Crippen LogP contribution in [0.25, 0.3) is 0 Å². The highest BCUT2D eigenvalue weighted by molar-refractivity contribution is 5.96. The minimum atomic E-state index is -0.628. The lowest BCUT2D eigenvalue weighted by Gasteiger charge is -2.38. The summed E-state index contributed by atoms with van der Waals surface area (Å²) in [6.07, 6.45) is 13.5. The number of likely N-dealkylation sites (tertiary alicyclic amines) is 2. The summed E-state index contributed by atoms with van der Waals surface area (Å²) >= 11 is 0. The molecule has 0 spiro atoms. The number of piperidine rings is 2. The Morgan fingerprint density at radius 3 is 1.59 bits per heavy atom. The van der Waals surface area contributed by atoms with Crippen molar-refractivity contribution in [2.24, 2.45) is 22.5 Å². The first-order valence-electron chi connectivity index (χ1n) is 38.1. The van der Waals surface area contributed by atoms with Crippen LogP contribution in [0.3, 0.4) is 0 Å². The van der Waals surface area contributed by atoms with Crippen molar-refractivity contribution in [1.82, 2.24) is 71.8 Å². The van der Waals surface area contributed by atoms with Crippen molar-refractivity contribution in [1.29, 1.82) is 0 Å². The summed E-state index contributed by atoms with van der Waals surface area (Å²) < 4.78 is 0. The molecule has 111 heavy (non-hydrogen) atoms. The van der Waals surface area contributed by atoms with Crippen molar-refractivity contribution in [2.45, 2.75) is 151 Å². The summed E-state index contributed by atoms with van der Waals surface area (Å²) in [6, 6.07) is 28.0. The van der Waals surface area contributed by atoms with E-state index in [2.05, 4.69) is 95.0 Å². The summed E-state index contributed by atoms with van der Waals surface area (Å²) in [5.41, 5.74) is 26.4. The van der Waals surface area contributed by atoms with Crippen LogP contribution in [-0.2, 0) is 90.4 Å². The Morgan fingerprint density at radius 1 is 0.532 bits per heavy atom. The molecule has 12 N–H and O–H groups in total. The zero-order valence-corrected chi connectivity index (χ0v) is 63.9. The normalized spacial score (nSPS) is 17.7. The number of nitrogens with zero attached hydrogens (tertiary/aromatic N) is 11. The van der Waals surface area contributed by atoms with Crippen LogP contribution in [0.1, 0.15) is 171 Å². The Labute approximate surface area is 645 Å². The second kappa shape index (κ2) is 37.0. The van der Waals surface area contributed by atoms with Crippen LogP contribution in [-0.4, -0.2) is 190 Å². The third-order valence-corrected chi connectivity index (χ3v) is 22.7. The predicted molar refractivity (Wildman–Crippen MR) is 412 cm³/mol. The van der Waals surface area contributed by atoms with Gasteiger partial charge in [0.05, 0.1) is 65.5 Å². The van der Waals surface area contributed by atoms with Gasteiger partial charge in [-0.2, -0.15) is 0 Å². The van der Waals surface area contributed by atoms with Gasteiger partial charge < -0.3 is 45.8 Å². The van der Waals surface area contributed by atoms with E-state index < -0.39 is 29.7 Å². The molecule has 0 saturated carbocycles. The van der Waals surface area contributed by atoms with E-state index in [0.29, 0.717) is 88.2 Å². The molecule has 2 atom stereocenters. The molecule has 0 bridgehead atoms. The monoisotopic (exact) mass is 1520 g/mol. The molecule has 588 valence electrons. The molecule has 14 rings (SSSR count). The van der Waals surface area contributed by atoms with Crippen LogP contribution in [0.5, 0.6) is 0 Å². The molecule has 0 aliphatic carbocycles. The van der Waals surface area contributed by atoms with Crippen molar-refractivity contribution < 1.29 is 59.2 Å². The number of Topliss-reactive ketones (excluding diaryl/α,β-unsaturated/α-hetero) is 1. The van der Waals surface area contributed by atoms with Gasteiger partial charge >= 0.3 is 0 Å². The molecule has 5 aromatic heterocycles. The lowest BCUT2D eigenvalue weighted by atomic mass is 9.75. The number of fused-ring (bicyclic) bond motifs is 5. The lowest BCUT2D eigenvalue weighted by molar-refractivity contribution is -0.135. The van der Waals surface area contributed by atoms with Gasteiger partial charge in [0, 0.05) is 116 Å². The zero-order valence-electron chi connectivity index (χ0n) is 63.9. The van der Waals surface area contributed by atoms with Crippen LogP contribution < -0.4 is 48.1 Å². The maximum Gasteiger partial charge on any atom is 0.293 e. The zero-order chi connectivity index (χ0) is 79.1. The van der Waals surface area contributed by atoms with Crippen molar-refractivity contribution in [3.63, 3.8) is 0 Å². The van der Waals surface area contributed by atoms with E-state index in [1.807, 2.05) is 67.3 Å². The van der Waals surface area contributed by atoms with Gasteiger partial charge in [-0.3, -0.25) is 79.1 Å². The van der Waals surface area contributed by atoms with Gasteiger partial charge in [0.2, 0.25) is 17.7 Å². The molecule has 2 saturated heterocycles. The van der Waals surface area contributed by atoms with Crippen LogP contribution in [0.2, 0.25) is 0 Å². The predicted octanol–water partition coefficient (Wildman–Crippen LogP) is 6.08. The minimum Gasteiger partial charge on any atom is -0.365 e. The number of amides is 7. The highest BCUT2D eigenvalue weighted by Crippen LogP contribution is 2.36. The first-order valence-corrected chi connectivity index (χ1v) is 38.1. The number of pyridine rings is 5. The van der Waals surface area contributed by atoms with Gasteiger partial charge in [-0.05, 0) is 191 Å². The first-order chi connectivity index (χ1) is 53.4. The molecular formula is C81H102N18O12. The Bertz CT molecular complexity index is 4530. The van der Waals surface area contributed by atoms with Crippen molar-refractivity contribution in [3.05, 3.63) is 200 Å². The SMILES string of the molecule is CC(C)C(N)C(=O)N1CCc2cc(C(=O)NO)cnc2C1.CCN1CCC(C)(C(=O)Cc2cc(N3CCc4cc(C(=O)NO)cnc4C3)ccn2)CC1.CCN1CCC(C)(C(=O)Nc2ccc(N3CCc4cc(C(=O)NO)cnc4C3)cc2)CC1.O=C(NO)c1ccc2c(n1)CCN(C(=O)C1Cc3ccccc3CN1)C2. The Morgan fingerprint density at radius 2 is 1.05 bits per heavy atom. The highest BCUT2D eigenvalue weighted by atomic mass is 16.5. The number of ketones is 1. The molecule has 7 amide bonds. The number of hydroxylamine groups is 4. The van der Waals surface area contributed by atoms with E-state index in [1.165, 1.54) is 29.7 Å². The number of benzene rings is 2. The molecule has 7 aliphatic rings. The van der Waals surface area contributed by atoms with Crippen molar-refractivity contribution in [2.75, 3.05) is 80.6 Å². The standard InChI is InChI=1S/2C24H31N5O3.C19H20N4O3.C14H20N4O3/c1-3-28-10-6-24(2,7-11-28)22(30)14-19-13-20(4-8-25-19)29-9-5-17-12-18(23(31)27-32)15-26-21(17)16-29;1-3-28-12-9-24(2,10-13-28)23(31)26-19-4-6-20(7-5-19)29-11-8-17-14-18(22(30)27-32)15-25-21(17)16-29;24-18(22-26)16-6-5-14-11-23(8-7-15(14)21-16)19(25)17-9-12-3-1-2-4-13(12)10-20-17;1-8(2)12(15)14(20)18-4-3-9-5-10(13(19)17-21)6-16-11(9)7-18/h4,8,12-13,15,32H,3,5-7,9-11,14,16H2,1-2H3,(H,27,31);4-7,14-15,32H,3,8-13,16H2,1-2H3,(H,26,31)(H,27,30);1-6,17,20,26H,7-11H2,(H,22,24);5-6,8,12,21H,3-4,7,15H2,1-2H3,(H,17,19). The largest absolute Gasteiger partial charge is 0.365 e. The molecule has 2 aromatic carbocycles. The minimum absolute atomic E-state index is 0.0744. The number of carbonyl (C=O) groups excluding carboxylic acids is 8. The summed E-state index contributed by atoms with van der Waals surface area (Å²) in [5, 5.41) is 41.4. The molecule has 30 heteroatoms. The lowest BCUT2D eigenvalue weighted by Crippen LogP contribution is -2.50. The number of rotatable bonds is 16. The average Bonchev–Trinajstić information content (AvgIpc) is 0.812. The van der Waals surface area contributed by atoms with E-state index in [-0.39, 0.29) is 52.0 Å². The quantitative estimate of drug-likeness (QED) is 0.0385. The fourth-order valence-electron chi connectivity index (χ4n) is 15.0. The number of nitrogens with one attached hydrogen (secondary N) is 6. The number of carbonyl (C=O) groups is 8. The number of hydrogen-bond acceptors (Lipinski definition) is 23.